The van der Waals surface area contributed by atoms with Crippen molar-refractivity contribution in [3.8, 4) is 0 Å². The first-order valence-corrected chi connectivity index (χ1v) is 12.8. The van der Waals surface area contributed by atoms with E-state index in [1.54, 1.807) is 4.90 Å². The Labute approximate surface area is 214 Å². The lowest BCUT2D eigenvalue weighted by molar-refractivity contribution is -0.140. The van der Waals surface area contributed by atoms with E-state index in [4.69, 9.17) is 0 Å². The molecule has 1 spiro atoms. The number of hydrogen-bond acceptors (Lipinski definition) is 4. The molecule has 2 fully saturated rings. The minimum absolute atomic E-state index is 0.00770. The van der Waals surface area contributed by atoms with Gasteiger partial charge in [0.25, 0.3) is 5.91 Å². The zero-order valence-electron chi connectivity index (χ0n) is 21.9. The van der Waals surface area contributed by atoms with E-state index in [1.807, 2.05) is 72.5 Å². The molecule has 7 nitrogen and oxygen atoms in total. The Kier molecular flexibility index (Phi) is 7.38. The molecule has 7 heteroatoms. The molecule has 0 saturated carbocycles. The number of amides is 3. The number of benzene rings is 2. The van der Waals surface area contributed by atoms with Crippen LogP contribution in [0.25, 0.3) is 0 Å². The van der Waals surface area contributed by atoms with E-state index in [0.29, 0.717) is 39.0 Å². The summed E-state index contributed by atoms with van der Waals surface area (Å²) in [6, 6.07) is 19.6. The summed E-state index contributed by atoms with van der Waals surface area (Å²) in [5.74, 6) is -0.0699. The highest BCUT2D eigenvalue weighted by molar-refractivity contribution is 5.96. The summed E-state index contributed by atoms with van der Waals surface area (Å²) in [7, 11) is 0. The molecule has 2 aromatic carbocycles. The molecule has 2 saturated heterocycles. The fourth-order valence-corrected chi connectivity index (χ4v) is 5.30. The Morgan fingerprint density at radius 3 is 2.14 bits per heavy atom. The SMILES string of the molecule is CC(NC(=O)CN1CN(c2ccccc2)C2(CCN(C(=O)CC(C)(C)C)CC2)C1=O)c1ccccc1. The number of carbonyl (C=O) groups is 3. The second kappa shape index (κ2) is 10.3. The van der Waals surface area contributed by atoms with Crippen molar-refractivity contribution in [3.63, 3.8) is 0 Å². The summed E-state index contributed by atoms with van der Waals surface area (Å²) in [5, 5.41) is 3.03. The maximum atomic E-state index is 13.9. The van der Waals surface area contributed by atoms with Crippen LogP contribution in [0.5, 0.6) is 0 Å². The fourth-order valence-electron chi connectivity index (χ4n) is 5.30. The maximum Gasteiger partial charge on any atom is 0.250 e. The van der Waals surface area contributed by atoms with E-state index in [2.05, 4.69) is 31.0 Å². The molecule has 2 aliphatic heterocycles. The molecule has 3 amide bonds. The number of piperidine rings is 1. The van der Waals surface area contributed by atoms with Crippen LogP contribution in [0.15, 0.2) is 60.7 Å². The highest BCUT2D eigenvalue weighted by Gasteiger charge is 2.54. The predicted octanol–water partition coefficient (Wildman–Crippen LogP) is 3.97. The molecule has 1 unspecified atom stereocenters. The van der Waals surface area contributed by atoms with Crippen LogP contribution in [-0.4, -0.2) is 59.4 Å². The summed E-state index contributed by atoms with van der Waals surface area (Å²) in [6.45, 7) is 9.57. The zero-order valence-corrected chi connectivity index (χ0v) is 21.9. The van der Waals surface area contributed by atoms with Crippen LogP contribution < -0.4 is 10.2 Å². The van der Waals surface area contributed by atoms with Crippen molar-refractivity contribution >= 4 is 23.4 Å². The molecule has 36 heavy (non-hydrogen) atoms. The lowest BCUT2D eigenvalue weighted by Gasteiger charge is -2.43. The standard InChI is InChI=1S/C29H38N4O3/c1-22(23-11-7-5-8-12-23)30-25(34)20-32-21-33(24-13-9-6-10-14-24)29(27(32)36)15-17-31(18-16-29)26(35)19-28(2,3)4/h5-14,22H,15-21H2,1-4H3,(H,30,34). The Balaban J connectivity index is 1.48. The summed E-state index contributed by atoms with van der Waals surface area (Å²) in [4.78, 5) is 45.3. The van der Waals surface area contributed by atoms with Gasteiger partial charge in [0.15, 0.2) is 0 Å². The van der Waals surface area contributed by atoms with E-state index in [9.17, 15) is 14.4 Å². The number of likely N-dealkylation sites (tertiary alicyclic amines) is 1. The second-order valence-corrected chi connectivity index (χ2v) is 11.3. The Morgan fingerprint density at radius 1 is 0.972 bits per heavy atom. The number of rotatable bonds is 6. The fraction of sp³-hybridized carbons (Fsp3) is 0.483. The summed E-state index contributed by atoms with van der Waals surface area (Å²) in [6.07, 6.45) is 1.59. The van der Waals surface area contributed by atoms with E-state index >= 15 is 0 Å². The number of carbonyl (C=O) groups excluding carboxylic acids is 3. The zero-order chi connectivity index (χ0) is 25.9. The maximum absolute atomic E-state index is 13.9. The predicted molar refractivity (Wildman–Crippen MR) is 141 cm³/mol. The van der Waals surface area contributed by atoms with E-state index in [0.717, 1.165) is 11.3 Å². The van der Waals surface area contributed by atoms with Crippen LogP contribution in [0, 0.1) is 5.41 Å². The quantitative estimate of drug-likeness (QED) is 0.665. The van der Waals surface area contributed by atoms with Crippen molar-refractivity contribution in [2.45, 2.75) is 58.5 Å². The Morgan fingerprint density at radius 2 is 1.56 bits per heavy atom. The van der Waals surface area contributed by atoms with Crippen molar-refractivity contribution in [1.82, 2.24) is 15.1 Å². The summed E-state index contributed by atoms with van der Waals surface area (Å²) >= 11 is 0. The van der Waals surface area contributed by atoms with Gasteiger partial charge in [0.05, 0.1) is 12.7 Å². The third-order valence-corrected chi connectivity index (χ3v) is 7.22. The molecule has 1 N–H and O–H groups in total. The second-order valence-electron chi connectivity index (χ2n) is 11.3. The van der Waals surface area contributed by atoms with Gasteiger partial charge in [-0.1, -0.05) is 69.3 Å². The van der Waals surface area contributed by atoms with E-state index in [1.165, 1.54) is 0 Å². The van der Waals surface area contributed by atoms with Gasteiger partial charge in [0, 0.05) is 25.2 Å². The largest absolute Gasteiger partial charge is 0.348 e. The third-order valence-electron chi connectivity index (χ3n) is 7.22. The first-order valence-electron chi connectivity index (χ1n) is 12.8. The van der Waals surface area contributed by atoms with Gasteiger partial charge in [-0.05, 0) is 42.9 Å². The van der Waals surface area contributed by atoms with Gasteiger partial charge in [-0.2, -0.15) is 0 Å². The molecule has 2 aliphatic rings. The van der Waals surface area contributed by atoms with Crippen molar-refractivity contribution in [2.75, 3.05) is 31.2 Å². The smallest absolute Gasteiger partial charge is 0.250 e. The van der Waals surface area contributed by atoms with Crippen molar-refractivity contribution in [3.05, 3.63) is 66.2 Å². The van der Waals surface area contributed by atoms with Crippen LogP contribution in [0.2, 0.25) is 0 Å². The molecule has 1 atom stereocenters. The molecular weight excluding hydrogens is 452 g/mol. The summed E-state index contributed by atoms with van der Waals surface area (Å²) < 4.78 is 0. The van der Waals surface area contributed by atoms with Gasteiger partial charge < -0.3 is 20.0 Å². The normalized spacial score (nSPS) is 18.4. The highest BCUT2D eigenvalue weighted by atomic mass is 16.2. The van der Waals surface area contributed by atoms with Crippen LogP contribution in [-0.2, 0) is 14.4 Å². The molecule has 192 valence electrons. The monoisotopic (exact) mass is 490 g/mol. The van der Waals surface area contributed by atoms with Crippen LogP contribution in [0.1, 0.15) is 58.6 Å². The highest BCUT2D eigenvalue weighted by Crippen LogP contribution is 2.39. The molecule has 0 aromatic heterocycles. The first-order chi connectivity index (χ1) is 17.1. The van der Waals surface area contributed by atoms with Gasteiger partial charge >= 0.3 is 0 Å². The van der Waals surface area contributed by atoms with Crippen LogP contribution in [0.3, 0.4) is 0 Å². The van der Waals surface area contributed by atoms with Gasteiger partial charge in [-0.25, -0.2) is 0 Å². The van der Waals surface area contributed by atoms with Crippen LogP contribution in [0.4, 0.5) is 5.69 Å². The lowest BCUT2D eigenvalue weighted by Crippen LogP contribution is -2.57. The van der Waals surface area contributed by atoms with Crippen molar-refractivity contribution in [2.24, 2.45) is 5.41 Å². The topological polar surface area (TPSA) is 73.0 Å². The Hall–Kier alpha value is -3.35. The van der Waals surface area contributed by atoms with E-state index < -0.39 is 5.54 Å². The molecule has 0 radical (unpaired) electrons. The number of nitrogens with one attached hydrogen (secondary N) is 1. The number of hydrogen-bond donors (Lipinski definition) is 1. The number of anilines is 1. The van der Waals surface area contributed by atoms with Gasteiger partial charge in [-0.3, -0.25) is 14.4 Å². The molecular formula is C29H38N4O3. The average molecular weight is 491 g/mol. The third kappa shape index (κ3) is 5.55. The van der Waals surface area contributed by atoms with Crippen molar-refractivity contribution in [1.29, 1.82) is 0 Å². The molecule has 0 bridgehead atoms. The summed E-state index contributed by atoms with van der Waals surface area (Å²) in [5.41, 5.74) is 1.16. The van der Waals surface area contributed by atoms with Crippen molar-refractivity contribution < 1.29 is 14.4 Å². The molecule has 2 heterocycles. The lowest BCUT2D eigenvalue weighted by atomic mass is 9.84. The number of para-hydroxylation sites is 1. The molecule has 0 aliphatic carbocycles. The molecule has 4 rings (SSSR count). The van der Waals surface area contributed by atoms with Crippen LogP contribution >= 0.6 is 0 Å². The molecule has 2 aromatic rings. The van der Waals surface area contributed by atoms with Gasteiger partial charge in [0.1, 0.15) is 12.1 Å². The minimum Gasteiger partial charge on any atom is -0.348 e. The van der Waals surface area contributed by atoms with Gasteiger partial charge in [-0.15, -0.1) is 0 Å². The number of nitrogens with zero attached hydrogens (tertiary/aromatic N) is 3. The first kappa shape index (κ1) is 25.7. The minimum atomic E-state index is -0.745. The van der Waals surface area contributed by atoms with Gasteiger partial charge in [0.2, 0.25) is 11.8 Å². The average Bonchev–Trinajstić information content (AvgIpc) is 3.10. The van der Waals surface area contributed by atoms with E-state index in [-0.39, 0.29) is 35.7 Å². The Bertz CT molecular complexity index is 1070.